The Morgan fingerprint density at radius 2 is 2.10 bits per heavy atom. The van der Waals surface area contributed by atoms with Crippen LogP contribution >= 0.6 is 0 Å². The van der Waals surface area contributed by atoms with Gasteiger partial charge in [0.2, 0.25) is 5.91 Å². The fourth-order valence-electron chi connectivity index (χ4n) is 5.08. The van der Waals surface area contributed by atoms with Gasteiger partial charge in [0.15, 0.2) is 0 Å². The third-order valence-corrected chi connectivity index (χ3v) is 6.43. The molecule has 1 saturated carbocycles. The number of rotatable bonds is 4. The fraction of sp³-hybridized carbons (Fsp3) is 0.280. The molecule has 2 aliphatic rings. The lowest BCUT2D eigenvalue weighted by atomic mass is 9.94. The molecule has 2 aromatic heterocycles. The van der Waals surface area contributed by atoms with Crippen molar-refractivity contribution in [2.75, 3.05) is 5.32 Å². The Hall–Kier alpha value is -3.59. The largest absolute Gasteiger partial charge is 0.311 e. The number of carbonyl (C=O) groups excluding carboxylic acids is 1. The van der Waals surface area contributed by atoms with Gasteiger partial charge in [0.1, 0.15) is 17.7 Å². The lowest BCUT2D eigenvalue weighted by Gasteiger charge is -2.13. The predicted octanol–water partition coefficient (Wildman–Crippen LogP) is 5.10. The molecular weight excluding hydrogens is 391 g/mol. The van der Waals surface area contributed by atoms with E-state index >= 15 is 0 Å². The van der Waals surface area contributed by atoms with Crippen LogP contribution in [-0.2, 0) is 4.79 Å². The predicted molar refractivity (Wildman–Crippen MR) is 116 cm³/mol. The summed E-state index contributed by atoms with van der Waals surface area (Å²) >= 11 is 0. The number of anilines is 1. The molecule has 1 unspecified atom stereocenters. The first-order chi connectivity index (χ1) is 15.1. The molecule has 5 rings (SSSR count). The molecule has 1 N–H and O–H groups in total. The molecule has 0 bridgehead atoms. The molecule has 0 spiro atoms. The van der Waals surface area contributed by atoms with Gasteiger partial charge in [0.05, 0.1) is 11.1 Å². The SMILES string of the molecule is N#Cc1ccc(NC(=O)C[C@H]2CC3C=C(c4ccnc5ccc(F)cc45)C[C@@H]3C2)nc1. The number of hydrogen-bond donors (Lipinski definition) is 1. The molecule has 2 heterocycles. The molecule has 1 aromatic carbocycles. The highest BCUT2D eigenvalue weighted by Gasteiger charge is 2.38. The Bertz CT molecular complexity index is 1230. The molecule has 3 aromatic rings. The van der Waals surface area contributed by atoms with Gasteiger partial charge in [0, 0.05) is 24.2 Å². The smallest absolute Gasteiger partial charge is 0.225 e. The van der Waals surface area contributed by atoms with E-state index in [4.69, 9.17) is 5.26 Å². The Balaban J connectivity index is 1.24. The minimum atomic E-state index is -0.247. The standard InChI is InChI=1S/C25H21FN4O/c26-20-2-3-23-22(12-20)21(5-6-28-23)19-10-17-7-16(8-18(17)11-19)9-25(31)30-24-4-1-15(13-27)14-29-24/h1-6,10,12,14,16-18H,7-9,11H2,(H,29,30,31)/t16-,17?,18-/m0/s1. The number of nitrogens with one attached hydrogen (secondary N) is 1. The van der Waals surface area contributed by atoms with Crippen LogP contribution in [0.5, 0.6) is 0 Å². The van der Waals surface area contributed by atoms with Crippen molar-refractivity contribution in [1.82, 2.24) is 9.97 Å². The summed E-state index contributed by atoms with van der Waals surface area (Å²) in [5, 5.41) is 12.5. The van der Waals surface area contributed by atoms with E-state index in [9.17, 15) is 9.18 Å². The zero-order valence-electron chi connectivity index (χ0n) is 16.9. The molecule has 5 nitrogen and oxygen atoms in total. The van der Waals surface area contributed by atoms with E-state index in [1.54, 1.807) is 30.5 Å². The van der Waals surface area contributed by atoms with Crippen molar-refractivity contribution >= 4 is 28.2 Å². The van der Waals surface area contributed by atoms with Crippen molar-refractivity contribution in [2.24, 2.45) is 17.8 Å². The van der Waals surface area contributed by atoms with Crippen LogP contribution in [-0.4, -0.2) is 15.9 Å². The highest BCUT2D eigenvalue weighted by molar-refractivity contribution is 5.92. The molecule has 31 heavy (non-hydrogen) atoms. The molecule has 154 valence electrons. The zero-order chi connectivity index (χ0) is 21.4. The zero-order valence-corrected chi connectivity index (χ0v) is 16.9. The molecule has 1 amide bonds. The van der Waals surface area contributed by atoms with Crippen molar-refractivity contribution in [3.05, 3.63) is 71.8 Å². The van der Waals surface area contributed by atoms with Crippen molar-refractivity contribution in [3.8, 4) is 6.07 Å². The normalized spacial score (nSPS) is 22.1. The molecule has 3 atom stereocenters. The van der Waals surface area contributed by atoms with E-state index in [0.717, 1.165) is 35.7 Å². The molecule has 0 radical (unpaired) electrons. The van der Waals surface area contributed by atoms with Crippen LogP contribution in [0.1, 0.15) is 36.8 Å². The summed E-state index contributed by atoms with van der Waals surface area (Å²) in [6.07, 6.45) is 8.99. The second-order valence-corrected chi connectivity index (χ2v) is 8.47. The molecule has 0 saturated heterocycles. The van der Waals surface area contributed by atoms with Gasteiger partial charge >= 0.3 is 0 Å². The van der Waals surface area contributed by atoms with Gasteiger partial charge < -0.3 is 5.32 Å². The van der Waals surface area contributed by atoms with Crippen molar-refractivity contribution in [2.45, 2.75) is 25.7 Å². The summed E-state index contributed by atoms with van der Waals surface area (Å²) in [7, 11) is 0. The number of nitrogens with zero attached hydrogens (tertiary/aromatic N) is 3. The number of carbonyl (C=O) groups is 1. The average Bonchev–Trinajstić information content (AvgIpc) is 3.32. The Kier molecular flexibility index (Phi) is 4.95. The van der Waals surface area contributed by atoms with Gasteiger partial charge in [-0.3, -0.25) is 9.78 Å². The number of hydrogen-bond acceptors (Lipinski definition) is 4. The van der Waals surface area contributed by atoms with E-state index in [0.29, 0.717) is 35.6 Å². The Morgan fingerprint density at radius 1 is 1.19 bits per heavy atom. The lowest BCUT2D eigenvalue weighted by molar-refractivity contribution is -0.117. The summed E-state index contributed by atoms with van der Waals surface area (Å²) in [5.41, 5.74) is 3.61. The van der Waals surface area contributed by atoms with E-state index in [2.05, 4.69) is 21.4 Å². The van der Waals surface area contributed by atoms with Crippen LogP contribution < -0.4 is 5.32 Å². The number of pyridine rings is 2. The number of fused-ring (bicyclic) bond motifs is 2. The van der Waals surface area contributed by atoms with E-state index in [1.807, 2.05) is 12.1 Å². The fourth-order valence-corrected chi connectivity index (χ4v) is 5.08. The van der Waals surface area contributed by atoms with Gasteiger partial charge in [-0.25, -0.2) is 9.37 Å². The van der Waals surface area contributed by atoms with Gasteiger partial charge in [-0.2, -0.15) is 5.26 Å². The summed E-state index contributed by atoms with van der Waals surface area (Å²) < 4.78 is 13.8. The quantitative estimate of drug-likeness (QED) is 0.647. The Morgan fingerprint density at radius 3 is 2.87 bits per heavy atom. The Labute approximate surface area is 179 Å². The van der Waals surface area contributed by atoms with Crippen LogP contribution in [0.15, 0.2) is 54.9 Å². The second-order valence-electron chi connectivity index (χ2n) is 8.47. The molecule has 1 fully saturated rings. The van der Waals surface area contributed by atoms with Gasteiger partial charge in [0.25, 0.3) is 0 Å². The minimum Gasteiger partial charge on any atom is -0.311 e. The van der Waals surface area contributed by atoms with E-state index < -0.39 is 0 Å². The number of aromatic nitrogens is 2. The van der Waals surface area contributed by atoms with Gasteiger partial charge in [-0.05, 0) is 84.6 Å². The highest BCUT2D eigenvalue weighted by atomic mass is 19.1. The third kappa shape index (κ3) is 3.91. The van der Waals surface area contributed by atoms with Crippen LogP contribution in [0.3, 0.4) is 0 Å². The summed E-state index contributed by atoms with van der Waals surface area (Å²) in [6.45, 7) is 0. The maximum atomic E-state index is 13.8. The summed E-state index contributed by atoms with van der Waals surface area (Å²) in [5.74, 6) is 1.51. The van der Waals surface area contributed by atoms with Gasteiger partial charge in [-0.15, -0.1) is 0 Å². The summed E-state index contributed by atoms with van der Waals surface area (Å²) in [4.78, 5) is 20.9. The van der Waals surface area contributed by atoms with Crippen molar-refractivity contribution in [1.29, 1.82) is 5.26 Å². The molecule has 6 heteroatoms. The molecular formula is C25H21FN4O. The maximum Gasteiger partial charge on any atom is 0.225 e. The maximum absolute atomic E-state index is 13.8. The number of nitriles is 1. The van der Waals surface area contributed by atoms with Crippen molar-refractivity contribution in [3.63, 3.8) is 0 Å². The van der Waals surface area contributed by atoms with Crippen LogP contribution in [0.4, 0.5) is 10.2 Å². The van der Waals surface area contributed by atoms with Crippen LogP contribution in [0.25, 0.3) is 16.5 Å². The molecule has 0 aliphatic heterocycles. The first-order valence-electron chi connectivity index (χ1n) is 10.5. The van der Waals surface area contributed by atoms with Crippen molar-refractivity contribution < 1.29 is 9.18 Å². The van der Waals surface area contributed by atoms with E-state index in [-0.39, 0.29) is 11.7 Å². The minimum absolute atomic E-state index is 0.0398. The first-order valence-corrected chi connectivity index (χ1v) is 10.5. The van der Waals surface area contributed by atoms with E-state index in [1.165, 1.54) is 17.8 Å². The topological polar surface area (TPSA) is 78.7 Å². The van der Waals surface area contributed by atoms with Gasteiger partial charge in [-0.1, -0.05) is 6.08 Å². The lowest BCUT2D eigenvalue weighted by Crippen LogP contribution is -2.16. The van der Waals surface area contributed by atoms with Crippen LogP contribution in [0.2, 0.25) is 0 Å². The first kappa shape index (κ1) is 19.4. The number of amides is 1. The second kappa shape index (κ2) is 7.92. The third-order valence-electron chi connectivity index (χ3n) is 6.43. The average molecular weight is 412 g/mol. The molecule has 2 aliphatic carbocycles. The number of benzene rings is 1. The number of halogens is 1. The van der Waals surface area contributed by atoms with Crippen LogP contribution in [0, 0.1) is 34.9 Å². The summed E-state index contributed by atoms with van der Waals surface area (Å²) in [6, 6.07) is 12.0. The number of allylic oxidation sites excluding steroid dienone is 2. The monoisotopic (exact) mass is 412 g/mol. The highest BCUT2D eigenvalue weighted by Crippen LogP contribution is 2.49.